The van der Waals surface area contributed by atoms with Crippen LogP contribution in [0, 0.1) is 24.0 Å². The highest BCUT2D eigenvalue weighted by molar-refractivity contribution is 7.99. The lowest BCUT2D eigenvalue weighted by atomic mass is 10.2. The number of aromatic amines is 1. The maximum Gasteiger partial charge on any atom is 0.187 e. The van der Waals surface area contributed by atoms with Crippen molar-refractivity contribution in [3.8, 4) is 5.69 Å². The molecule has 0 spiro atoms. The van der Waals surface area contributed by atoms with Crippen molar-refractivity contribution in [1.29, 1.82) is 5.41 Å². The molecule has 5 nitrogen and oxygen atoms in total. The van der Waals surface area contributed by atoms with Gasteiger partial charge in [0.1, 0.15) is 22.8 Å². The van der Waals surface area contributed by atoms with E-state index in [1.54, 1.807) is 6.92 Å². The van der Waals surface area contributed by atoms with Gasteiger partial charge in [0.05, 0.1) is 5.39 Å². The molecule has 0 fully saturated rings. The summed E-state index contributed by atoms with van der Waals surface area (Å²) in [6, 6.07) is 13.6. The van der Waals surface area contributed by atoms with E-state index in [1.165, 1.54) is 34.5 Å². The molecule has 0 aliphatic rings. The molecule has 2 heterocycles. The number of benzene rings is 2. The van der Waals surface area contributed by atoms with Crippen LogP contribution >= 0.6 is 11.8 Å². The van der Waals surface area contributed by atoms with Crippen LogP contribution in [0.4, 0.5) is 8.78 Å². The summed E-state index contributed by atoms with van der Waals surface area (Å²) in [4.78, 5) is 4.48. The van der Waals surface area contributed by atoms with Crippen molar-refractivity contribution in [1.82, 2.24) is 19.7 Å². The Morgan fingerprint density at radius 3 is 2.50 bits per heavy atom. The molecule has 4 rings (SSSR count). The molecule has 2 aromatic carbocycles. The Balaban J connectivity index is 1.81. The predicted octanol–water partition coefficient (Wildman–Crippen LogP) is 4.15. The van der Waals surface area contributed by atoms with Gasteiger partial charge in [0.2, 0.25) is 0 Å². The fourth-order valence-electron chi connectivity index (χ4n) is 3.04. The molecule has 0 atom stereocenters. The maximum atomic E-state index is 14.5. The second-order valence-corrected chi connectivity index (χ2v) is 7.34. The molecule has 0 amide bonds. The van der Waals surface area contributed by atoms with E-state index in [1.807, 2.05) is 30.3 Å². The third-order valence-electron chi connectivity index (χ3n) is 4.41. The number of fused-ring (bicyclic) bond motifs is 1. The smallest absolute Gasteiger partial charge is 0.187 e. The highest BCUT2D eigenvalue weighted by atomic mass is 32.2. The van der Waals surface area contributed by atoms with Gasteiger partial charge in [-0.05, 0) is 31.0 Å². The van der Waals surface area contributed by atoms with Crippen LogP contribution < -0.4 is 5.49 Å². The van der Waals surface area contributed by atoms with Crippen LogP contribution in [0.5, 0.6) is 0 Å². The number of para-hydroxylation sites is 1. The van der Waals surface area contributed by atoms with E-state index in [0.29, 0.717) is 27.6 Å². The highest BCUT2D eigenvalue weighted by Crippen LogP contribution is 2.25. The van der Waals surface area contributed by atoms with E-state index in [9.17, 15) is 8.78 Å². The standard InChI is InChI=1S/C20H17F2N5S/c1-12-16-18(23)27(17-14(21)8-5-9-15(17)22)20(24-19(16)26-25-12)28-11-10-13-6-3-2-4-7-13/h2-9,23H,10-11H2,1H3,(H,25,26). The fourth-order valence-corrected chi connectivity index (χ4v) is 4.02. The van der Waals surface area contributed by atoms with Gasteiger partial charge in [0, 0.05) is 11.4 Å². The molecule has 142 valence electrons. The van der Waals surface area contributed by atoms with Gasteiger partial charge < -0.3 is 0 Å². The molecule has 0 saturated heterocycles. The molecule has 2 aromatic heterocycles. The number of H-pyrrole nitrogens is 1. The SMILES string of the molecule is Cc1[nH]nc2nc(SCCc3ccccc3)n(-c3c(F)cccc3F)c(=N)c12. The Labute approximate surface area is 164 Å². The Kier molecular flexibility index (Phi) is 4.95. The molecule has 0 aliphatic carbocycles. The van der Waals surface area contributed by atoms with Gasteiger partial charge >= 0.3 is 0 Å². The van der Waals surface area contributed by atoms with Crippen LogP contribution in [0.2, 0.25) is 0 Å². The van der Waals surface area contributed by atoms with Gasteiger partial charge in [-0.3, -0.25) is 15.1 Å². The zero-order valence-corrected chi connectivity index (χ0v) is 15.9. The molecule has 0 unspecified atom stereocenters. The normalized spacial score (nSPS) is 11.2. The number of aromatic nitrogens is 4. The first-order valence-electron chi connectivity index (χ1n) is 8.69. The van der Waals surface area contributed by atoms with Gasteiger partial charge in [-0.15, -0.1) is 0 Å². The molecule has 28 heavy (non-hydrogen) atoms. The molecule has 0 bridgehead atoms. The van der Waals surface area contributed by atoms with Gasteiger partial charge in [-0.2, -0.15) is 5.10 Å². The zero-order valence-electron chi connectivity index (χ0n) is 15.0. The average molecular weight is 397 g/mol. The molecule has 4 aromatic rings. The molecule has 2 N–H and O–H groups in total. The molecular weight excluding hydrogens is 380 g/mol. The van der Waals surface area contributed by atoms with Crippen molar-refractivity contribution in [2.24, 2.45) is 0 Å². The maximum absolute atomic E-state index is 14.5. The Morgan fingerprint density at radius 2 is 1.79 bits per heavy atom. The van der Waals surface area contributed by atoms with E-state index < -0.39 is 11.6 Å². The first-order chi connectivity index (χ1) is 13.6. The minimum absolute atomic E-state index is 0.0533. The number of halogens is 2. The zero-order chi connectivity index (χ0) is 19.7. The number of nitrogens with zero attached hydrogens (tertiary/aromatic N) is 3. The minimum Gasteiger partial charge on any atom is -0.283 e. The summed E-state index contributed by atoms with van der Waals surface area (Å²) >= 11 is 1.34. The van der Waals surface area contributed by atoms with Crippen LogP contribution in [-0.4, -0.2) is 25.5 Å². The van der Waals surface area contributed by atoms with Crippen LogP contribution in [0.25, 0.3) is 16.7 Å². The number of hydrogen-bond acceptors (Lipinski definition) is 4. The minimum atomic E-state index is -0.745. The molecule has 0 aliphatic heterocycles. The van der Waals surface area contributed by atoms with Crippen molar-refractivity contribution >= 4 is 22.8 Å². The summed E-state index contributed by atoms with van der Waals surface area (Å²) in [6.07, 6.45) is 0.762. The number of hydrogen-bond donors (Lipinski definition) is 2. The number of aryl methyl sites for hydroxylation is 2. The summed E-state index contributed by atoms with van der Waals surface area (Å²) in [7, 11) is 0. The summed E-state index contributed by atoms with van der Waals surface area (Å²) < 4.78 is 30.2. The van der Waals surface area contributed by atoms with Crippen molar-refractivity contribution < 1.29 is 8.78 Å². The Bertz CT molecular complexity index is 1180. The average Bonchev–Trinajstić information content (AvgIpc) is 3.05. The Morgan fingerprint density at radius 1 is 1.07 bits per heavy atom. The summed E-state index contributed by atoms with van der Waals surface area (Å²) in [5.41, 5.74) is 1.78. The first-order valence-corrected chi connectivity index (χ1v) is 9.68. The largest absolute Gasteiger partial charge is 0.283 e. The van der Waals surface area contributed by atoms with Crippen LogP contribution in [0.3, 0.4) is 0 Å². The van der Waals surface area contributed by atoms with Gasteiger partial charge in [-0.1, -0.05) is 48.2 Å². The lowest BCUT2D eigenvalue weighted by Gasteiger charge is -2.14. The van der Waals surface area contributed by atoms with Crippen LogP contribution in [-0.2, 0) is 6.42 Å². The highest BCUT2D eigenvalue weighted by Gasteiger charge is 2.20. The predicted molar refractivity (Wildman–Crippen MR) is 105 cm³/mol. The summed E-state index contributed by atoms with van der Waals surface area (Å²) in [6.45, 7) is 1.75. The van der Waals surface area contributed by atoms with Crippen molar-refractivity contribution in [3.63, 3.8) is 0 Å². The lowest BCUT2D eigenvalue weighted by molar-refractivity contribution is 0.554. The van der Waals surface area contributed by atoms with Crippen molar-refractivity contribution in [2.45, 2.75) is 18.5 Å². The molecule has 0 saturated carbocycles. The quantitative estimate of drug-likeness (QED) is 0.393. The number of nitrogens with one attached hydrogen (secondary N) is 2. The summed E-state index contributed by atoms with van der Waals surface area (Å²) in [5.74, 6) is -0.849. The van der Waals surface area contributed by atoms with E-state index >= 15 is 0 Å². The molecular formula is C20H17F2N5S. The van der Waals surface area contributed by atoms with Gasteiger partial charge in [-0.25, -0.2) is 13.8 Å². The van der Waals surface area contributed by atoms with E-state index in [-0.39, 0.29) is 11.2 Å². The molecule has 8 heteroatoms. The number of thioether (sulfide) groups is 1. The van der Waals surface area contributed by atoms with Crippen molar-refractivity contribution in [2.75, 3.05) is 5.75 Å². The van der Waals surface area contributed by atoms with Gasteiger partial charge in [0.25, 0.3) is 0 Å². The van der Waals surface area contributed by atoms with Gasteiger partial charge in [0.15, 0.2) is 10.8 Å². The lowest BCUT2D eigenvalue weighted by Crippen LogP contribution is -2.24. The topological polar surface area (TPSA) is 70.3 Å². The number of rotatable bonds is 5. The molecule has 0 radical (unpaired) electrons. The first kappa shape index (κ1) is 18.4. The third kappa shape index (κ3) is 3.31. The van der Waals surface area contributed by atoms with Crippen LogP contribution in [0.15, 0.2) is 53.7 Å². The van der Waals surface area contributed by atoms with E-state index in [4.69, 9.17) is 5.41 Å². The van der Waals surface area contributed by atoms with Crippen molar-refractivity contribution in [3.05, 3.63) is 76.9 Å². The third-order valence-corrected chi connectivity index (χ3v) is 5.35. The van der Waals surface area contributed by atoms with Crippen LogP contribution in [0.1, 0.15) is 11.3 Å². The van der Waals surface area contributed by atoms with E-state index in [0.717, 1.165) is 12.0 Å². The van der Waals surface area contributed by atoms with E-state index in [2.05, 4.69) is 15.2 Å². The Hall–Kier alpha value is -3.00. The second-order valence-electron chi connectivity index (χ2n) is 6.28. The fraction of sp³-hybridized carbons (Fsp3) is 0.150. The second kappa shape index (κ2) is 7.55. The monoisotopic (exact) mass is 397 g/mol. The summed E-state index contributed by atoms with van der Waals surface area (Å²) in [5, 5.41) is 16.3.